The first-order chi connectivity index (χ1) is 8.98. The standard InChI is InChI=1S/C14H19N3O2/c1-14(7-2-8-14)17-12(18)9-16-13(19)10-3-5-11(15)6-4-10/h3-6H,2,7-9,15H2,1H3,(H,16,19)(H,17,18). The average molecular weight is 261 g/mol. The fraction of sp³-hybridized carbons (Fsp3) is 0.429. The highest BCUT2D eigenvalue weighted by molar-refractivity contribution is 5.96. The number of nitrogens with one attached hydrogen (secondary N) is 2. The Morgan fingerprint density at radius 2 is 1.89 bits per heavy atom. The highest BCUT2D eigenvalue weighted by Crippen LogP contribution is 2.30. The van der Waals surface area contributed by atoms with Crippen molar-refractivity contribution < 1.29 is 9.59 Å². The second kappa shape index (κ2) is 5.30. The molecule has 19 heavy (non-hydrogen) atoms. The lowest BCUT2D eigenvalue weighted by molar-refractivity contribution is -0.122. The number of nitrogens with two attached hydrogens (primary N) is 1. The van der Waals surface area contributed by atoms with Gasteiger partial charge in [0.25, 0.3) is 5.91 Å². The number of amides is 2. The first-order valence-electron chi connectivity index (χ1n) is 6.43. The summed E-state index contributed by atoms with van der Waals surface area (Å²) in [6, 6.07) is 6.58. The topological polar surface area (TPSA) is 84.2 Å². The molecule has 0 aliphatic heterocycles. The Morgan fingerprint density at radius 3 is 2.42 bits per heavy atom. The van der Waals surface area contributed by atoms with Crippen molar-refractivity contribution in [3.05, 3.63) is 29.8 Å². The molecule has 5 heteroatoms. The summed E-state index contributed by atoms with van der Waals surface area (Å²) in [7, 11) is 0. The van der Waals surface area contributed by atoms with Crippen LogP contribution in [0.15, 0.2) is 24.3 Å². The van der Waals surface area contributed by atoms with E-state index in [1.807, 2.05) is 6.92 Å². The van der Waals surface area contributed by atoms with Crippen LogP contribution >= 0.6 is 0 Å². The van der Waals surface area contributed by atoms with Gasteiger partial charge in [0.05, 0.1) is 6.54 Å². The molecular weight excluding hydrogens is 242 g/mol. The molecule has 4 N–H and O–H groups in total. The SMILES string of the molecule is CC1(NC(=O)CNC(=O)c2ccc(N)cc2)CCC1. The first kappa shape index (κ1) is 13.4. The Hall–Kier alpha value is -2.04. The summed E-state index contributed by atoms with van der Waals surface area (Å²) in [5.74, 6) is -0.417. The van der Waals surface area contributed by atoms with Gasteiger partial charge in [-0.1, -0.05) is 0 Å². The zero-order valence-electron chi connectivity index (χ0n) is 11.0. The summed E-state index contributed by atoms with van der Waals surface area (Å²) in [5, 5.41) is 5.53. The number of hydrogen-bond donors (Lipinski definition) is 3. The number of anilines is 1. The van der Waals surface area contributed by atoms with Crippen molar-refractivity contribution in [3.63, 3.8) is 0 Å². The second-order valence-corrected chi connectivity index (χ2v) is 5.27. The summed E-state index contributed by atoms with van der Waals surface area (Å²) >= 11 is 0. The fourth-order valence-electron chi connectivity index (χ4n) is 2.11. The predicted molar refractivity (Wildman–Crippen MR) is 73.6 cm³/mol. The molecule has 2 rings (SSSR count). The number of nitrogen functional groups attached to an aromatic ring is 1. The van der Waals surface area contributed by atoms with Crippen LogP contribution in [0.1, 0.15) is 36.5 Å². The Labute approximate surface area is 112 Å². The summed E-state index contributed by atoms with van der Waals surface area (Å²) in [6.07, 6.45) is 3.16. The van der Waals surface area contributed by atoms with Crippen molar-refractivity contribution >= 4 is 17.5 Å². The van der Waals surface area contributed by atoms with E-state index in [9.17, 15) is 9.59 Å². The van der Waals surface area contributed by atoms with Crippen LogP contribution in [-0.2, 0) is 4.79 Å². The maximum Gasteiger partial charge on any atom is 0.251 e. The molecule has 0 heterocycles. The third kappa shape index (κ3) is 3.47. The first-order valence-corrected chi connectivity index (χ1v) is 6.43. The Kier molecular flexibility index (Phi) is 3.74. The van der Waals surface area contributed by atoms with Crippen molar-refractivity contribution in [2.45, 2.75) is 31.7 Å². The molecular formula is C14H19N3O2. The lowest BCUT2D eigenvalue weighted by atomic mass is 9.78. The van der Waals surface area contributed by atoms with E-state index in [1.165, 1.54) is 0 Å². The molecule has 0 atom stereocenters. The van der Waals surface area contributed by atoms with E-state index in [-0.39, 0.29) is 23.9 Å². The quantitative estimate of drug-likeness (QED) is 0.708. The van der Waals surface area contributed by atoms with Crippen molar-refractivity contribution in [2.24, 2.45) is 0 Å². The molecule has 0 aromatic heterocycles. The van der Waals surface area contributed by atoms with Gasteiger partial charge in [-0.2, -0.15) is 0 Å². The summed E-state index contributed by atoms with van der Waals surface area (Å²) in [5.41, 5.74) is 6.56. The van der Waals surface area contributed by atoms with Gasteiger partial charge in [-0.3, -0.25) is 9.59 Å². The largest absolute Gasteiger partial charge is 0.399 e. The summed E-state index contributed by atoms with van der Waals surface area (Å²) < 4.78 is 0. The van der Waals surface area contributed by atoms with Crippen molar-refractivity contribution in [1.29, 1.82) is 0 Å². The average Bonchev–Trinajstić information content (AvgIpc) is 2.35. The number of rotatable bonds is 4. The van der Waals surface area contributed by atoms with Gasteiger partial charge in [-0.25, -0.2) is 0 Å². The monoisotopic (exact) mass is 261 g/mol. The van der Waals surface area contributed by atoms with Crippen LogP contribution in [0.3, 0.4) is 0 Å². The minimum Gasteiger partial charge on any atom is -0.399 e. The van der Waals surface area contributed by atoms with Crippen molar-refractivity contribution in [1.82, 2.24) is 10.6 Å². The highest BCUT2D eigenvalue weighted by atomic mass is 16.2. The molecule has 2 amide bonds. The number of carbonyl (C=O) groups is 2. The van der Waals surface area contributed by atoms with E-state index in [0.29, 0.717) is 11.3 Å². The molecule has 1 fully saturated rings. The summed E-state index contributed by atoms with van der Waals surface area (Å²) in [6.45, 7) is 2.02. The smallest absolute Gasteiger partial charge is 0.251 e. The minimum atomic E-state index is -0.270. The van der Waals surface area contributed by atoms with Gasteiger partial charge in [0, 0.05) is 16.8 Å². The molecule has 0 saturated heterocycles. The van der Waals surface area contributed by atoms with Crippen LogP contribution in [0.25, 0.3) is 0 Å². The summed E-state index contributed by atoms with van der Waals surface area (Å²) in [4.78, 5) is 23.5. The molecule has 5 nitrogen and oxygen atoms in total. The molecule has 1 aliphatic rings. The van der Waals surface area contributed by atoms with Gasteiger partial charge >= 0.3 is 0 Å². The number of carbonyl (C=O) groups excluding carboxylic acids is 2. The van der Waals surface area contributed by atoms with E-state index in [2.05, 4.69) is 10.6 Å². The molecule has 0 bridgehead atoms. The molecule has 0 unspecified atom stereocenters. The minimum absolute atomic E-state index is 0.00119. The van der Waals surface area contributed by atoms with E-state index >= 15 is 0 Å². The Bertz CT molecular complexity index is 478. The molecule has 1 saturated carbocycles. The maximum atomic E-state index is 11.8. The Balaban J connectivity index is 1.80. The Morgan fingerprint density at radius 1 is 1.26 bits per heavy atom. The zero-order valence-corrected chi connectivity index (χ0v) is 11.0. The lowest BCUT2D eigenvalue weighted by Crippen LogP contribution is -2.53. The van der Waals surface area contributed by atoms with Gasteiger partial charge in [-0.05, 0) is 50.5 Å². The van der Waals surface area contributed by atoms with Crippen LogP contribution < -0.4 is 16.4 Å². The van der Waals surface area contributed by atoms with E-state index < -0.39 is 0 Å². The van der Waals surface area contributed by atoms with Crippen LogP contribution in [0.2, 0.25) is 0 Å². The van der Waals surface area contributed by atoms with Gasteiger partial charge in [0.2, 0.25) is 5.91 Å². The van der Waals surface area contributed by atoms with Gasteiger partial charge in [0.1, 0.15) is 0 Å². The van der Waals surface area contributed by atoms with Gasteiger partial charge in [-0.15, -0.1) is 0 Å². The number of benzene rings is 1. The van der Waals surface area contributed by atoms with Crippen LogP contribution in [-0.4, -0.2) is 23.9 Å². The molecule has 1 aromatic rings. The molecule has 0 spiro atoms. The second-order valence-electron chi connectivity index (χ2n) is 5.27. The van der Waals surface area contributed by atoms with Crippen LogP contribution in [0.5, 0.6) is 0 Å². The third-order valence-electron chi connectivity index (χ3n) is 3.48. The predicted octanol–water partition coefficient (Wildman–Crippen LogP) is 1.06. The normalized spacial score (nSPS) is 16.3. The molecule has 1 aliphatic carbocycles. The lowest BCUT2D eigenvalue weighted by Gasteiger charge is -2.39. The maximum absolute atomic E-state index is 11.8. The molecule has 0 radical (unpaired) electrons. The zero-order chi connectivity index (χ0) is 13.9. The number of hydrogen-bond acceptors (Lipinski definition) is 3. The van der Waals surface area contributed by atoms with Crippen molar-refractivity contribution in [2.75, 3.05) is 12.3 Å². The fourth-order valence-corrected chi connectivity index (χ4v) is 2.11. The highest BCUT2D eigenvalue weighted by Gasteiger charge is 2.32. The van der Waals surface area contributed by atoms with E-state index in [0.717, 1.165) is 19.3 Å². The molecule has 102 valence electrons. The van der Waals surface area contributed by atoms with Gasteiger partial charge < -0.3 is 16.4 Å². The van der Waals surface area contributed by atoms with Crippen molar-refractivity contribution in [3.8, 4) is 0 Å². The third-order valence-corrected chi connectivity index (χ3v) is 3.48. The van der Waals surface area contributed by atoms with E-state index in [4.69, 9.17) is 5.73 Å². The van der Waals surface area contributed by atoms with Gasteiger partial charge in [0.15, 0.2) is 0 Å². The molecule has 1 aromatic carbocycles. The van der Waals surface area contributed by atoms with Crippen LogP contribution in [0.4, 0.5) is 5.69 Å². The van der Waals surface area contributed by atoms with E-state index in [1.54, 1.807) is 24.3 Å². The van der Waals surface area contributed by atoms with Crippen LogP contribution in [0, 0.1) is 0 Å².